The molecule has 0 aromatic heterocycles. The van der Waals surface area contributed by atoms with E-state index in [1.54, 1.807) is 12.1 Å². The third-order valence-corrected chi connectivity index (χ3v) is 3.24. The van der Waals surface area contributed by atoms with Gasteiger partial charge >= 0.3 is 11.4 Å². The van der Waals surface area contributed by atoms with Gasteiger partial charge < -0.3 is 14.8 Å². The maximum Gasteiger partial charge on any atom is 0.320 e. The predicted octanol–water partition coefficient (Wildman–Crippen LogP) is 2.77. The van der Waals surface area contributed by atoms with Crippen LogP contribution in [0.25, 0.3) is 0 Å². The number of carbonyl (C=O) groups excluding carboxylic acids is 1. The van der Waals surface area contributed by atoms with E-state index >= 15 is 0 Å². The molecule has 2 aromatic rings. The Morgan fingerprint density at radius 1 is 1.00 bits per heavy atom. The molecule has 0 radical (unpaired) electrons. The van der Waals surface area contributed by atoms with Crippen LogP contribution in [0, 0.1) is 20.2 Å². The molecule has 25 heavy (non-hydrogen) atoms. The van der Waals surface area contributed by atoms with E-state index in [1.165, 1.54) is 19.2 Å². The lowest BCUT2D eigenvalue weighted by atomic mass is 10.1. The third-order valence-electron chi connectivity index (χ3n) is 3.24. The van der Waals surface area contributed by atoms with E-state index in [9.17, 15) is 25.0 Å². The molecule has 0 bridgehead atoms. The summed E-state index contributed by atoms with van der Waals surface area (Å²) in [5.41, 5.74) is -1.14. The van der Waals surface area contributed by atoms with Crippen molar-refractivity contribution in [1.82, 2.24) is 0 Å². The Morgan fingerprint density at radius 3 is 2.08 bits per heavy atom. The zero-order chi connectivity index (χ0) is 18.6. The molecule has 2 aromatic carbocycles. The van der Waals surface area contributed by atoms with Gasteiger partial charge in [-0.15, -0.1) is 0 Å². The number of methoxy groups -OCH3 is 2. The monoisotopic (exact) mass is 347 g/mol. The van der Waals surface area contributed by atoms with Crippen LogP contribution >= 0.6 is 0 Å². The third kappa shape index (κ3) is 3.80. The van der Waals surface area contributed by atoms with Crippen LogP contribution in [0.2, 0.25) is 0 Å². The van der Waals surface area contributed by atoms with Crippen LogP contribution in [0.1, 0.15) is 10.4 Å². The second-order valence-corrected chi connectivity index (χ2v) is 4.75. The molecule has 0 fully saturated rings. The van der Waals surface area contributed by atoms with Crippen LogP contribution in [0.4, 0.5) is 17.1 Å². The quantitative estimate of drug-likeness (QED) is 0.627. The number of hydrogen-bond acceptors (Lipinski definition) is 7. The summed E-state index contributed by atoms with van der Waals surface area (Å²) < 4.78 is 9.77. The fourth-order valence-corrected chi connectivity index (χ4v) is 2.12. The standard InChI is InChI=1S/C15H13N3O7/c1-24-11-5-3-4-9(6-11)15(19)16-10-7-12(17(20)21)14(25-2)13(8-10)18(22)23/h3-8H,1-2H3,(H,16,19). The van der Waals surface area contributed by atoms with Gasteiger partial charge in [-0.2, -0.15) is 0 Å². The number of ether oxygens (including phenoxy) is 2. The van der Waals surface area contributed by atoms with E-state index in [0.29, 0.717) is 5.75 Å². The summed E-state index contributed by atoms with van der Waals surface area (Å²) in [7, 11) is 2.52. The van der Waals surface area contributed by atoms with Crippen molar-refractivity contribution in [1.29, 1.82) is 0 Å². The van der Waals surface area contributed by atoms with Gasteiger partial charge in [-0.3, -0.25) is 25.0 Å². The number of nitro benzene ring substituents is 2. The topological polar surface area (TPSA) is 134 Å². The molecular weight excluding hydrogens is 334 g/mol. The minimum absolute atomic E-state index is 0.105. The highest BCUT2D eigenvalue weighted by atomic mass is 16.6. The molecule has 0 saturated heterocycles. The number of nitrogens with one attached hydrogen (secondary N) is 1. The molecule has 1 amide bonds. The van der Waals surface area contributed by atoms with Gasteiger partial charge in [0.2, 0.25) is 0 Å². The second kappa shape index (κ2) is 7.25. The average molecular weight is 347 g/mol. The minimum Gasteiger partial charge on any atom is -0.497 e. The number of amides is 1. The Hall–Kier alpha value is -3.69. The molecule has 10 nitrogen and oxygen atoms in total. The molecule has 0 atom stereocenters. The first-order valence-electron chi connectivity index (χ1n) is 6.83. The van der Waals surface area contributed by atoms with Gasteiger partial charge in [0, 0.05) is 17.7 Å². The summed E-state index contributed by atoms with van der Waals surface area (Å²) in [6, 6.07) is 8.17. The Labute approximate surface area is 141 Å². The van der Waals surface area contributed by atoms with E-state index in [4.69, 9.17) is 9.47 Å². The van der Waals surface area contributed by atoms with E-state index in [2.05, 4.69) is 5.32 Å². The van der Waals surface area contributed by atoms with Gasteiger partial charge in [-0.25, -0.2) is 0 Å². The van der Waals surface area contributed by atoms with E-state index < -0.39 is 32.9 Å². The number of hydrogen-bond donors (Lipinski definition) is 1. The number of benzene rings is 2. The van der Waals surface area contributed by atoms with Crippen molar-refractivity contribution in [3.05, 3.63) is 62.2 Å². The molecule has 0 saturated carbocycles. The summed E-state index contributed by atoms with van der Waals surface area (Å²) >= 11 is 0. The number of anilines is 1. The van der Waals surface area contributed by atoms with Crippen LogP contribution in [-0.4, -0.2) is 30.0 Å². The molecule has 0 unspecified atom stereocenters. The first-order chi connectivity index (χ1) is 11.9. The number of nitro groups is 2. The van der Waals surface area contributed by atoms with Crippen molar-refractivity contribution < 1.29 is 24.1 Å². The summed E-state index contributed by atoms with van der Waals surface area (Å²) in [4.78, 5) is 32.9. The highest BCUT2D eigenvalue weighted by Crippen LogP contribution is 2.39. The molecule has 1 N–H and O–H groups in total. The minimum atomic E-state index is -0.826. The number of carbonyl (C=O) groups is 1. The molecule has 2 rings (SSSR count). The number of nitrogens with zero attached hydrogens (tertiary/aromatic N) is 2. The predicted molar refractivity (Wildman–Crippen MR) is 87.2 cm³/mol. The smallest absolute Gasteiger partial charge is 0.320 e. The number of rotatable bonds is 6. The largest absolute Gasteiger partial charge is 0.497 e. The summed E-state index contributed by atoms with van der Waals surface area (Å²) in [6.45, 7) is 0. The average Bonchev–Trinajstić information content (AvgIpc) is 2.60. The van der Waals surface area contributed by atoms with Gasteiger partial charge in [0.15, 0.2) is 0 Å². The maximum absolute atomic E-state index is 12.3. The lowest BCUT2D eigenvalue weighted by Crippen LogP contribution is -2.12. The fourth-order valence-electron chi connectivity index (χ4n) is 2.12. The first kappa shape index (κ1) is 17.7. The molecule has 130 valence electrons. The molecule has 0 heterocycles. The van der Waals surface area contributed by atoms with Gasteiger partial charge in [-0.05, 0) is 18.2 Å². The van der Waals surface area contributed by atoms with Crippen LogP contribution in [0.5, 0.6) is 11.5 Å². The Balaban J connectivity index is 2.43. The summed E-state index contributed by atoms with van der Waals surface area (Å²) in [6.07, 6.45) is 0. The highest BCUT2D eigenvalue weighted by Gasteiger charge is 2.28. The van der Waals surface area contributed by atoms with Crippen LogP contribution in [-0.2, 0) is 0 Å². The van der Waals surface area contributed by atoms with Crippen molar-refractivity contribution in [3.8, 4) is 11.5 Å². The van der Waals surface area contributed by atoms with Crippen molar-refractivity contribution in [2.45, 2.75) is 0 Å². The molecule has 0 aliphatic rings. The maximum atomic E-state index is 12.3. The van der Waals surface area contributed by atoms with Crippen LogP contribution in [0.3, 0.4) is 0 Å². The molecule has 10 heteroatoms. The summed E-state index contributed by atoms with van der Waals surface area (Å²) in [5.74, 6) is -0.651. The van der Waals surface area contributed by atoms with Crippen molar-refractivity contribution >= 4 is 23.0 Å². The lowest BCUT2D eigenvalue weighted by molar-refractivity contribution is -0.395. The van der Waals surface area contributed by atoms with Crippen molar-refractivity contribution in [2.75, 3.05) is 19.5 Å². The Kier molecular flexibility index (Phi) is 5.12. The molecule has 0 aliphatic heterocycles. The summed E-state index contributed by atoms with van der Waals surface area (Å²) in [5, 5.41) is 24.6. The van der Waals surface area contributed by atoms with E-state index in [-0.39, 0.29) is 11.3 Å². The Bertz CT molecular complexity index is 816. The zero-order valence-electron chi connectivity index (χ0n) is 13.2. The van der Waals surface area contributed by atoms with E-state index in [1.807, 2.05) is 0 Å². The van der Waals surface area contributed by atoms with Crippen molar-refractivity contribution in [3.63, 3.8) is 0 Å². The molecular formula is C15H13N3O7. The lowest BCUT2D eigenvalue weighted by Gasteiger charge is -2.09. The molecule has 0 spiro atoms. The highest BCUT2D eigenvalue weighted by molar-refractivity contribution is 6.05. The molecule has 0 aliphatic carbocycles. The fraction of sp³-hybridized carbons (Fsp3) is 0.133. The first-order valence-corrected chi connectivity index (χ1v) is 6.83. The SMILES string of the molecule is COc1cccc(C(=O)Nc2cc([N+](=O)[O-])c(OC)c([N+](=O)[O-])c2)c1. The van der Waals surface area contributed by atoms with Gasteiger partial charge in [0.1, 0.15) is 5.75 Å². The normalized spacial score (nSPS) is 10.0. The zero-order valence-corrected chi connectivity index (χ0v) is 13.2. The Morgan fingerprint density at radius 2 is 1.60 bits per heavy atom. The van der Waals surface area contributed by atoms with Gasteiger partial charge in [0.05, 0.1) is 29.8 Å². The second-order valence-electron chi connectivity index (χ2n) is 4.75. The van der Waals surface area contributed by atoms with Gasteiger partial charge in [-0.1, -0.05) is 6.07 Å². The van der Waals surface area contributed by atoms with Crippen LogP contribution in [0.15, 0.2) is 36.4 Å². The van der Waals surface area contributed by atoms with Crippen molar-refractivity contribution in [2.24, 2.45) is 0 Å². The van der Waals surface area contributed by atoms with Gasteiger partial charge in [0.25, 0.3) is 11.7 Å². The van der Waals surface area contributed by atoms with Crippen LogP contribution < -0.4 is 14.8 Å². The van der Waals surface area contributed by atoms with E-state index in [0.717, 1.165) is 19.2 Å².